The van der Waals surface area contributed by atoms with Crippen molar-refractivity contribution in [1.29, 1.82) is 0 Å². The molecular formula is C36H38ClN3O3S. The molecule has 6 nitrogen and oxygen atoms in total. The Hall–Kier alpha value is -3.52. The number of rotatable bonds is 7. The maximum Gasteiger partial charge on any atom is 0.339 e. The quantitative estimate of drug-likeness (QED) is 0.168. The fourth-order valence-electron chi connectivity index (χ4n) is 6.05. The van der Waals surface area contributed by atoms with Crippen LogP contribution in [0.4, 0.5) is 0 Å². The number of carbonyl (C=O) groups is 1. The molecule has 0 N–H and O–H groups in total. The molecular weight excluding hydrogens is 590 g/mol. The van der Waals surface area contributed by atoms with E-state index in [0.717, 1.165) is 67.0 Å². The van der Waals surface area contributed by atoms with Gasteiger partial charge >= 0.3 is 5.97 Å². The lowest BCUT2D eigenvalue weighted by Gasteiger charge is -2.29. The van der Waals surface area contributed by atoms with Gasteiger partial charge in [0.05, 0.1) is 39.2 Å². The smallest absolute Gasteiger partial charge is 0.339 e. The Balaban J connectivity index is 1.57. The van der Waals surface area contributed by atoms with E-state index in [-0.39, 0.29) is 6.61 Å². The van der Waals surface area contributed by atoms with Gasteiger partial charge in [-0.15, -0.1) is 11.3 Å². The van der Waals surface area contributed by atoms with Crippen molar-refractivity contribution in [2.45, 2.75) is 72.0 Å². The molecule has 0 radical (unpaired) electrons. The molecule has 0 aliphatic heterocycles. The molecule has 0 bridgehead atoms. The summed E-state index contributed by atoms with van der Waals surface area (Å²) >= 11 is 7.89. The lowest BCUT2D eigenvalue weighted by molar-refractivity contribution is -0.166. The molecule has 0 saturated heterocycles. The second-order valence-corrected chi connectivity index (χ2v) is 13.8. The largest absolute Gasteiger partial charge is 0.464 e. The van der Waals surface area contributed by atoms with E-state index in [1.54, 1.807) is 11.3 Å². The summed E-state index contributed by atoms with van der Waals surface area (Å²) in [4.78, 5) is 23.8. The van der Waals surface area contributed by atoms with E-state index in [0.29, 0.717) is 5.02 Å². The van der Waals surface area contributed by atoms with E-state index in [1.807, 2.05) is 65.0 Å². The van der Waals surface area contributed by atoms with Gasteiger partial charge in [0.1, 0.15) is 5.01 Å². The second-order valence-electron chi connectivity index (χ2n) is 12.4. The van der Waals surface area contributed by atoms with Crippen molar-refractivity contribution < 1.29 is 14.3 Å². The third-order valence-corrected chi connectivity index (χ3v) is 9.35. The van der Waals surface area contributed by atoms with Crippen molar-refractivity contribution in [2.24, 2.45) is 7.05 Å². The SMILES string of the molecule is CCOC(=O)[C@@H](OC(C)(C)C)c1c(C)cc2nc(-c3ccc4c(n3)c(C3=CCCCC3)cn4C)sc2c1-c1ccc(Cl)cc1. The number of fused-ring (bicyclic) bond motifs is 2. The molecule has 1 aliphatic rings. The number of esters is 1. The van der Waals surface area contributed by atoms with Gasteiger partial charge in [0.2, 0.25) is 0 Å². The first-order valence-electron chi connectivity index (χ1n) is 15.2. The fraction of sp³-hybridized carbons (Fsp3) is 0.361. The van der Waals surface area contributed by atoms with Gasteiger partial charge in [-0.05, 0) is 107 Å². The molecule has 44 heavy (non-hydrogen) atoms. The zero-order valence-electron chi connectivity index (χ0n) is 26.2. The highest BCUT2D eigenvalue weighted by molar-refractivity contribution is 7.22. The van der Waals surface area contributed by atoms with Crippen LogP contribution in [-0.4, -0.2) is 32.7 Å². The maximum atomic E-state index is 13.5. The van der Waals surface area contributed by atoms with Gasteiger partial charge in [-0.2, -0.15) is 0 Å². The van der Waals surface area contributed by atoms with Crippen LogP contribution >= 0.6 is 22.9 Å². The fourth-order valence-corrected chi connectivity index (χ4v) is 7.27. The Morgan fingerprint density at radius 2 is 1.89 bits per heavy atom. The van der Waals surface area contributed by atoms with Gasteiger partial charge in [-0.1, -0.05) is 29.8 Å². The molecule has 0 saturated carbocycles. The van der Waals surface area contributed by atoms with E-state index >= 15 is 0 Å². The third-order valence-electron chi connectivity index (χ3n) is 7.98. The first kappa shape index (κ1) is 30.5. The number of allylic oxidation sites excluding steroid dienone is 2. The number of hydrogen-bond acceptors (Lipinski definition) is 6. The standard InChI is InChI=1S/C36H38ClN3O3S/c1-7-42-35(41)32(43-36(3,4)5)29-21(2)19-27-33(30(29)23-13-15-24(37)16-14-23)44-34(39-27)26-17-18-28-31(38-26)25(20-40(28)6)22-11-9-8-10-12-22/h11,13-20,32H,7-10,12H2,1-6H3/t32-/m0/s1. The Bertz CT molecular complexity index is 1900. The van der Waals surface area contributed by atoms with Crippen molar-refractivity contribution in [3.8, 4) is 21.8 Å². The minimum Gasteiger partial charge on any atom is -0.464 e. The van der Waals surface area contributed by atoms with Crippen LogP contribution in [0.15, 0.2) is 54.7 Å². The number of nitrogens with zero attached hydrogens (tertiary/aromatic N) is 3. The highest BCUT2D eigenvalue weighted by atomic mass is 35.5. The highest BCUT2D eigenvalue weighted by Gasteiger charge is 2.33. The predicted molar refractivity (Wildman–Crippen MR) is 181 cm³/mol. The molecule has 1 atom stereocenters. The molecule has 0 spiro atoms. The number of hydrogen-bond donors (Lipinski definition) is 0. The van der Waals surface area contributed by atoms with Crippen LogP contribution in [0.25, 0.3) is 48.7 Å². The van der Waals surface area contributed by atoms with Gasteiger partial charge in [0, 0.05) is 35.0 Å². The molecule has 3 aromatic heterocycles. The van der Waals surface area contributed by atoms with Crippen molar-refractivity contribution in [3.05, 3.63) is 76.5 Å². The molecule has 0 amide bonds. The molecule has 8 heteroatoms. The normalized spacial score (nSPS) is 14.7. The zero-order valence-corrected chi connectivity index (χ0v) is 27.7. The second kappa shape index (κ2) is 12.1. The minimum absolute atomic E-state index is 0.262. The van der Waals surface area contributed by atoms with Gasteiger partial charge in [0.15, 0.2) is 6.10 Å². The van der Waals surface area contributed by atoms with E-state index in [2.05, 4.69) is 36.0 Å². The summed E-state index contributed by atoms with van der Waals surface area (Å²) < 4.78 is 15.1. The van der Waals surface area contributed by atoms with Crippen molar-refractivity contribution in [2.75, 3.05) is 6.61 Å². The van der Waals surface area contributed by atoms with Gasteiger partial charge < -0.3 is 14.0 Å². The van der Waals surface area contributed by atoms with Crippen molar-refractivity contribution in [1.82, 2.24) is 14.5 Å². The summed E-state index contributed by atoms with van der Waals surface area (Å²) in [7, 11) is 2.08. The van der Waals surface area contributed by atoms with Crippen molar-refractivity contribution in [3.63, 3.8) is 0 Å². The number of pyridine rings is 1. The van der Waals surface area contributed by atoms with E-state index in [9.17, 15) is 4.79 Å². The lowest BCUT2D eigenvalue weighted by atomic mass is 9.91. The molecule has 6 rings (SSSR count). The van der Waals surface area contributed by atoms with Crippen LogP contribution in [0.1, 0.15) is 76.2 Å². The number of thiazole rings is 1. The Morgan fingerprint density at radius 3 is 2.57 bits per heavy atom. The van der Waals surface area contributed by atoms with Crippen LogP contribution in [0.3, 0.4) is 0 Å². The first-order valence-corrected chi connectivity index (χ1v) is 16.4. The lowest BCUT2D eigenvalue weighted by Crippen LogP contribution is -2.29. The monoisotopic (exact) mass is 627 g/mol. The first-order chi connectivity index (χ1) is 21.0. The van der Waals surface area contributed by atoms with E-state index in [1.165, 1.54) is 24.0 Å². The third kappa shape index (κ3) is 5.93. The Labute approximate surface area is 267 Å². The van der Waals surface area contributed by atoms with E-state index in [4.69, 9.17) is 31.0 Å². The van der Waals surface area contributed by atoms with E-state index < -0.39 is 17.7 Å². The molecule has 5 aromatic rings. The number of carbonyl (C=O) groups excluding carboxylic acids is 1. The van der Waals surface area contributed by atoms with Gasteiger partial charge in [-0.3, -0.25) is 0 Å². The summed E-state index contributed by atoms with van der Waals surface area (Å²) in [5.74, 6) is -0.412. The van der Waals surface area contributed by atoms with Gasteiger partial charge in [0.25, 0.3) is 0 Å². The summed E-state index contributed by atoms with van der Waals surface area (Å²) in [5.41, 5.74) is 9.30. The molecule has 228 valence electrons. The Kier molecular flexibility index (Phi) is 8.40. The number of aromatic nitrogens is 3. The number of ether oxygens (including phenoxy) is 2. The van der Waals surface area contributed by atoms with Crippen LogP contribution in [0, 0.1) is 6.92 Å². The molecule has 1 aliphatic carbocycles. The number of halogens is 1. The summed E-state index contributed by atoms with van der Waals surface area (Å²) in [6, 6.07) is 13.9. The molecule has 0 unspecified atom stereocenters. The zero-order chi connectivity index (χ0) is 31.2. The number of aryl methyl sites for hydroxylation is 2. The van der Waals surface area contributed by atoms with Crippen LogP contribution in [-0.2, 0) is 21.3 Å². The summed E-state index contributed by atoms with van der Waals surface area (Å²) in [6.45, 7) is 9.92. The summed E-state index contributed by atoms with van der Waals surface area (Å²) in [6.07, 6.45) is 8.30. The van der Waals surface area contributed by atoms with Gasteiger partial charge in [-0.25, -0.2) is 14.8 Å². The Morgan fingerprint density at radius 1 is 1.11 bits per heavy atom. The summed E-state index contributed by atoms with van der Waals surface area (Å²) in [5, 5.41) is 1.46. The minimum atomic E-state index is -0.916. The molecule has 0 fully saturated rings. The topological polar surface area (TPSA) is 66.2 Å². The molecule has 3 heterocycles. The van der Waals surface area contributed by atoms with Crippen LogP contribution < -0.4 is 0 Å². The number of benzene rings is 2. The highest BCUT2D eigenvalue weighted by Crippen LogP contribution is 2.45. The molecule has 2 aromatic carbocycles. The average Bonchev–Trinajstić information content (AvgIpc) is 3.56. The van der Waals surface area contributed by atoms with Crippen LogP contribution in [0.5, 0.6) is 0 Å². The predicted octanol–water partition coefficient (Wildman–Crippen LogP) is 9.86. The van der Waals surface area contributed by atoms with Crippen LogP contribution in [0.2, 0.25) is 5.02 Å². The van der Waals surface area contributed by atoms with Crippen molar-refractivity contribution >= 4 is 55.7 Å². The average molecular weight is 628 g/mol. The maximum absolute atomic E-state index is 13.5.